The molecular formula is C11H13NO3. The molecule has 0 fully saturated rings. The number of aliphatic carboxylic acids is 1. The van der Waals surface area contributed by atoms with Crippen LogP contribution >= 0.6 is 0 Å². The standard InChI is InChI=1S/C11H13NO3/c1-8(15-2)12-10-5-3-9(4-6-10)7-11(13)14/h3-6H,7H2,1-2H3,(H,13,14). The molecule has 0 bridgehead atoms. The molecule has 15 heavy (non-hydrogen) atoms. The average molecular weight is 207 g/mol. The molecule has 0 amide bonds. The van der Waals surface area contributed by atoms with Crippen molar-refractivity contribution in [2.24, 2.45) is 4.99 Å². The summed E-state index contributed by atoms with van der Waals surface area (Å²) in [5.74, 6) is -0.264. The van der Waals surface area contributed by atoms with Crippen molar-refractivity contribution in [2.75, 3.05) is 7.11 Å². The third-order valence-corrected chi connectivity index (χ3v) is 1.87. The summed E-state index contributed by atoms with van der Waals surface area (Å²) in [5.41, 5.74) is 1.51. The summed E-state index contributed by atoms with van der Waals surface area (Å²) in [6.07, 6.45) is 0.0350. The Balaban J connectivity index is 2.76. The van der Waals surface area contributed by atoms with Crippen LogP contribution in [0.3, 0.4) is 0 Å². The van der Waals surface area contributed by atoms with Crippen molar-refractivity contribution in [1.29, 1.82) is 0 Å². The van der Waals surface area contributed by atoms with Gasteiger partial charge in [-0.05, 0) is 17.7 Å². The number of carbonyl (C=O) groups is 1. The van der Waals surface area contributed by atoms with Gasteiger partial charge in [-0.3, -0.25) is 4.79 Å². The van der Waals surface area contributed by atoms with E-state index in [2.05, 4.69) is 4.99 Å². The first-order valence-corrected chi connectivity index (χ1v) is 4.52. The van der Waals surface area contributed by atoms with Crippen LogP contribution in [0.4, 0.5) is 5.69 Å². The van der Waals surface area contributed by atoms with Crippen molar-refractivity contribution in [1.82, 2.24) is 0 Å². The monoisotopic (exact) mass is 207 g/mol. The molecule has 80 valence electrons. The molecular weight excluding hydrogens is 194 g/mol. The van der Waals surface area contributed by atoms with Crippen LogP contribution in [-0.2, 0) is 16.0 Å². The molecule has 0 heterocycles. The number of hydrogen-bond acceptors (Lipinski definition) is 3. The van der Waals surface area contributed by atoms with E-state index < -0.39 is 5.97 Å². The zero-order chi connectivity index (χ0) is 11.3. The summed E-state index contributed by atoms with van der Waals surface area (Å²) >= 11 is 0. The van der Waals surface area contributed by atoms with E-state index in [9.17, 15) is 4.79 Å². The smallest absolute Gasteiger partial charge is 0.307 e. The van der Waals surface area contributed by atoms with Gasteiger partial charge in [-0.1, -0.05) is 12.1 Å². The summed E-state index contributed by atoms with van der Waals surface area (Å²) in [5, 5.41) is 8.57. The van der Waals surface area contributed by atoms with Crippen LogP contribution in [0.5, 0.6) is 0 Å². The van der Waals surface area contributed by atoms with Gasteiger partial charge < -0.3 is 9.84 Å². The van der Waals surface area contributed by atoms with Crippen molar-refractivity contribution in [3.05, 3.63) is 29.8 Å². The predicted molar refractivity (Wildman–Crippen MR) is 57.6 cm³/mol. The topological polar surface area (TPSA) is 58.9 Å². The summed E-state index contributed by atoms with van der Waals surface area (Å²) in [4.78, 5) is 14.6. The van der Waals surface area contributed by atoms with Gasteiger partial charge in [0.1, 0.15) is 0 Å². The summed E-state index contributed by atoms with van der Waals surface area (Å²) in [6, 6.07) is 7.02. The van der Waals surface area contributed by atoms with Crippen molar-refractivity contribution in [2.45, 2.75) is 13.3 Å². The Morgan fingerprint density at radius 2 is 2.00 bits per heavy atom. The van der Waals surface area contributed by atoms with E-state index in [4.69, 9.17) is 9.84 Å². The first-order chi connectivity index (χ1) is 7.11. The average Bonchev–Trinajstić information content (AvgIpc) is 2.20. The third-order valence-electron chi connectivity index (χ3n) is 1.87. The molecule has 0 aliphatic rings. The van der Waals surface area contributed by atoms with Crippen LogP contribution in [0.2, 0.25) is 0 Å². The highest BCUT2D eigenvalue weighted by atomic mass is 16.5. The van der Waals surface area contributed by atoms with Gasteiger partial charge in [0, 0.05) is 6.92 Å². The lowest BCUT2D eigenvalue weighted by atomic mass is 10.1. The Labute approximate surface area is 88.2 Å². The maximum absolute atomic E-state index is 10.4. The number of carboxylic acid groups (broad SMARTS) is 1. The van der Waals surface area contributed by atoms with Crippen LogP contribution < -0.4 is 0 Å². The number of nitrogens with zero attached hydrogens (tertiary/aromatic N) is 1. The van der Waals surface area contributed by atoms with Crippen LogP contribution in [0.25, 0.3) is 0 Å². The zero-order valence-electron chi connectivity index (χ0n) is 8.73. The maximum atomic E-state index is 10.4. The molecule has 4 nitrogen and oxygen atoms in total. The van der Waals surface area contributed by atoms with E-state index >= 15 is 0 Å². The number of benzene rings is 1. The molecule has 0 spiro atoms. The molecule has 0 atom stereocenters. The first kappa shape index (κ1) is 11.2. The number of ether oxygens (including phenoxy) is 1. The maximum Gasteiger partial charge on any atom is 0.307 e. The van der Waals surface area contributed by atoms with Gasteiger partial charge in [0.25, 0.3) is 0 Å². The van der Waals surface area contributed by atoms with E-state index in [1.54, 1.807) is 38.3 Å². The highest BCUT2D eigenvalue weighted by Gasteiger charge is 1.99. The number of hydrogen-bond donors (Lipinski definition) is 1. The van der Waals surface area contributed by atoms with Gasteiger partial charge in [-0.15, -0.1) is 0 Å². The molecule has 4 heteroatoms. The van der Waals surface area contributed by atoms with Crippen LogP contribution in [-0.4, -0.2) is 24.1 Å². The highest BCUT2D eigenvalue weighted by molar-refractivity contribution is 5.76. The summed E-state index contributed by atoms with van der Waals surface area (Å²) in [6.45, 7) is 1.76. The van der Waals surface area contributed by atoms with E-state index in [0.717, 1.165) is 11.3 Å². The summed E-state index contributed by atoms with van der Waals surface area (Å²) in [7, 11) is 1.55. The second kappa shape index (κ2) is 5.14. The Morgan fingerprint density at radius 3 is 2.47 bits per heavy atom. The second-order valence-electron chi connectivity index (χ2n) is 3.07. The molecule has 1 aromatic rings. The Morgan fingerprint density at radius 1 is 1.40 bits per heavy atom. The van der Waals surface area contributed by atoms with Gasteiger partial charge >= 0.3 is 5.97 Å². The molecule has 0 saturated carbocycles. The lowest BCUT2D eigenvalue weighted by Crippen LogP contribution is -1.99. The minimum absolute atomic E-state index is 0.0350. The fourth-order valence-electron chi connectivity index (χ4n) is 1.09. The van der Waals surface area contributed by atoms with E-state index in [0.29, 0.717) is 5.90 Å². The predicted octanol–water partition coefficient (Wildman–Crippen LogP) is 2.01. The van der Waals surface area contributed by atoms with Crippen molar-refractivity contribution >= 4 is 17.6 Å². The largest absolute Gasteiger partial charge is 0.484 e. The minimum atomic E-state index is -0.834. The third kappa shape index (κ3) is 3.81. The molecule has 0 radical (unpaired) electrons. The lowest BCUT2D eigenvalue weighted by Gasteiger charge is -2.00. The first-order valence-electron chi connectivity index (χ1n) is 4.52. The normalized spacial score (nSPS) is 11.2. The Bertz CT molecular complexity index is 368. The van der Waals surface area contributed by atoms with Gasteiger partial charge in [0.15, 0.2) is 5.90 Å². The number of methoxy groups -OCH3 is 1. The Kier molecular flexibility index (Phi) is 3.85. The van der Waals surface area contributed by atoms with Crippen molar-refractivity contribution in [3.8, 4) is 0 Å². The number of rotatable bonds is 3. The molecule has 0 aromatic heterocycles. The minimum Gasteiger partial charge on any atom is -0.484 e. The van der Waals surface area contributed by atoms with E-state index in [1.807, 2.05) is 0 Å². The van der Waals surface area contributed by atoms with Crippen molar-refractivity contribution in [3.63, 3.8) is 0 Å². The molecule has 0 unspecified atom stereocenters. The van der Waals surface area contributed by atoms with Crippen LogP contribution in [0.15, 0.2) is 29.3 Å². The van der Waals surface area contributed by atoms with Gasteiger partial charge in [0.05, 0.1) is 19.2 Å². The van der Waals surface area contributed by atoms with Crippen LogP contribution in [0.1, 0.15) is 12.5 Å². The van der Waals surface area contributed by atoms with Gasteiger partial charge in [-0.2, -0.15) is 0 Å². The molecule has 1 N–H and O–H groups in total. The SMILES string of the molecule is COC(C)=Nc1ccc(CC(=O)O)cc1. The fraction of sp³-hybridized carbons (Fsp3) is 0.273. The molecule has 0 aliphatic heterocycles. The number of aliphatic imine (C=N–C) groups is 1. The number of carboxylic acids is 1. The van der Waals surface area contributed by atoms with E-state index in [-0.39, 0.29) is 6.42 Å². The van der Waals surface area contributed by atoms with Crippen molar-refractivity contribution < 1.29 is 14.6 Å². The molecule has 1 aromatic carbocycles. The fourth-order valence-corrected chi connectivity index (χ4v) is 1.09. The van der Waals surface area contributed by atoms with Crippen LogP contribution in [0, 0.1) is 0 Å². The quantitative estimate of drug-likeness (QED) is 0.609. The molecule has 0 saturated heterocycles. The summed E-state index contributed by atoms with van der Waals surface area (Å²) < 4.78 is 4.90. The lowest BCUT2D eigenvalue weighted by molar-refractivity contribution is -0.136. The molecule has 1 rings (SSSR count). The Hall–Kier alpha value is -1.84. The van der Waals surface area contributed by atoms with Gasteiger partial charge in [0.2, 0.25) is 0 Å². The zero-order valence-corrected chi connectivity index (χ0v) is 8.73. The van der Waals surface area contributed by atoms with Gasteiger partial charge in [-0.25, -0.2) is 4.99 Å². The second-order valence-corrected chi connectivity index (χ2v) is 3.07. The molecule has 0 aliphatic carbocycles. The van der Waals surface area contributed by atoms with E-state index in [1.165, 1.54) is 0 Å². The highest BCUT2D eigenvalue weighted by Crippen LogP contribution is 2.13.